The van der Waals surface area contributed by atoms with Crippen molar-refractivity contribution >= 4 is 29.3 Å². The van der Waals surface area contributed by atoms with E-state index in [-0.39, 0.29) is 15.9 Å². The van der Waals surface area contributed by atoms with Gasteiger partial charge in [-0.1, -0.05) is 26.8 Å². The zero-order valence-corrected chi connectivity index (χ0v) is 14.1. The van der Waals surface area contributed by atoms with Crippen LogP contribution in [0.25, 0.3) is 12.2 Å². The fourth-order valence-electron chi connectivity index (χ4n) is 1.82. The molecule has 6 heteroatoms. The van der Waals surface area contributed by atoms with Crippen LogP contribution >= 0.6 is 11.3 Å². The number of carbonyl (C=O) groups is 1. The molecule has 1 heterocycles. The van der Waals surface area contributed by atoms with Gasteiger partial charge in [0, 0.05) is 24.1 Å². The van der Waals surface area contributed by atoms with E-state index in [1.807, 2.05) is 0 Å². The number of halogens is 2. The molecule has 0 N–H and O–H groups in total. The Morgan fingerprint density at radius 2 is 1.78 bits per heavy atom. The predicted octanol–water partition coefficient (Wildman–Crippen LogP) is 1.95. The lowest BCUT2D eigenvalue weighted by Crippen LogP contribution is -2.30. The van der Waals surface area contributed by atoms with Gasteiger partial charge in [-0.25, -0.2) is 8.78 Å². The first-order chi connectivity index (χ1) is 10.6. The number of thiazole rings is 1. The fourth-order valence-corrected chi connectivity index (χ4v) is 2.83. The molecular formula is C17H17F2NO2S. The van der Waals surface area contributed by atoms with Crippen LogP contribution in [0.5, 0.6) is 0 Å². The number of carbonyl (C=O) groups excluding carboxylic acids is 1. The van der Waals surface area contributed by atoms with Gasteiger partial charge in [0.05, 0.1) is 4.53 Å². The second kappa shape index (κ2) is 6.20. The number of Topliss-reactive ketones (excluding diaryl/α,β-unsaturated/α-hetero) is 1. The van der Waals surface area contributed by atoms with E-state index >= 15 is 0 Å². The van der Waals surface area contributed by atoms with Crippen LogP contribution in [-0.2, 0) is 11.8 Å². The summed E-state index contributed by atoms with van der Waals surface area (Å²) in [5.41, 5.74) is -1.23. The van der Waals surface area contributed by atoms with E-state index in [9.17, 15) is 18.4 Å². The number of hydrogen-bond donors (Lipinski definition) is 0. The van der Waals surface area contributed by atoms with E-state index in [2.05, 4.69) is 0 Å². The lowest BCUT2D eigenvalue weighted by molar-refractivity contribution is -0.120. The molecule has 0 atom stereocenters. The van der Waals surface area contributed by atoms with Crippen molar-refractivity contribution in [3.05, 3.63) is 54.9 Å². The van der Waals surface area contributed by atoms with Crippen LogP contribution in [0.1, 0.15) is 26.3 Å². The summed E-state index contributed by atoms with van der Waals surface area (Å²) >= 11 is 1.03. The zero-order chi connectivity index (χ0) is 17.4. The van der Waals surface area contributed by atoms with Crippen molar-refractivity contribution in [3.8, 4) is 0 Å². The first-order valence-electron chi connectivity index (χ1n) is 6.99. The molecule has 0 saturated carbocycles. The molecule has 0 fully saturated rings. The van der Waals surface area contributed by atoms with Crippen LogP contribution < -0.4 is 14.8 Å². The fraction of sp³-hybridized carbons (Fsp3) is 0.294. The average Bonchev–Trinajstić information content (AvgIpc) is 2.70. The third-order valence-electron chi connectivity index (χ3n) is 3.33. The monoisotopic (exact) mass is 337 g/mol. The molecule has 0 aliphatic rings. The SMILES string of the molecule is Cn1c(=O)/c(=C\c2c(F)cccc2F)s/c1=C\C(=O)C(C)(C)C. The molecule has 0 saturated heterocycles. The molecule has 0 unspecified atom stereocenters. The number of ketones is 1. The molecule has 2 rings (SSSR count). The Bertz CT molecular complexity index is 913. The molecule has 0 aliphatic heterocycles. The second-order valence-electron chi connectivity index (χ2n) is 6.21. The maximum absolute atomic E-state index is 13.7. The van der Waals surface area contributed by atoms with Crippen molar-refractivity contribution in [3.63, 3.8) is 0 Å². The molecule has 122 valence electrons. The highest BCUT2D eigenvalue weighted by Crippen LogP contribution is 2.15. The largest absolute Gasteiger partial charge is 0.302 e. The summed E-state index contributed by atoms with van der Waals surface area (Å²) in [5.74, 6) is -1.61. The van der Waals surface area contributed by atoms with Gasteiger partial charge in [0.2, 0.25) is 0 Å². The highest BCUT2D eigenvalue weighted by atomic mass is 32.1. The number of nitrogens with zero attached hydrogens (tertiary/aromatic N) is 1. The van der Waals surface area contributed by atoms with Gasteiger partial charge in [-0.05, 0) is 18.2 Å². The summed E-state index contributed by atoms with van der Waals surface area (Å²) in [4.78, 5) is 24.3. The Morgan fingerprint density at radius 1 is 1.22 bits per heavy atom. The number of benzene rings is 1. The maximum atomic E-state index is 13.7. The minimum absolute atomic E-state index is 0.127. The van der Waals surface area contributed by atoms with E-state index < -0.39 is 22.6 Å². The van der Waals surface area contributed by atoms with Gasteiger partial charge in [-0.3, -0.25) is 9.59 Å². The topological polar surface area (TPSA) is 39.1 Å². The molecule has 0 bridgehead atoms. The van der Waals surface area contributed by atoms with Gasteiger partial charge in [-0.2, -0.15) is 0 Å². The Balaban J connectivity index is 2.67. The lowest BCUT2D eigenvalue weighted by Gasteiger charge is -2.12. The van der Waals surface area contributed by atoms with Gasteiger partial charge in [0.15, 0.2) is 5.78 Å². The summed E-state index contributed by atoms with van der Waals surface area (Å²) < 4.78 is 29.3. The van der Waals surface area contributed by atoms with Crippen molar-refractivity contribution in [2.45, 2.75) is 20.8 Å². The van der Waals surface area contributed by atoms with Crippen LogP contribution in [0.4, 0.5) is 8.78 Å². The third kappa shape index (κ3) is 3.64. The van der Waals surface area contributed by atoms with Crippen molar-refractivity contribution in [2.24, 2.45) is 12.5 Å². The van der Waals surface area contributed by atoms with Gasteiger partial charge >= 0.3 is 0 Å². The van der Waals surface area contributed by atoms with Gasteiger partial charge in [0.1, 0.15) is 16.3 Å². The van der Waals surface area contributed by atoms with E-state index in [4.69, 9.17) is 0 Å². The predicted molar refractivity (Wildman–Crippen MR) is 87.7 cm³/mol. The highest BCUT2D eigenvalue weighted by Gasteiger charge is 2.19. The van der Waals surface area contributed by atoms with Gasteiger partial charge in [0.25, 0.3) is 5.56 Å². The van der Waals surface area contributed by atoms with E-state index in [0.717, 1.165) is 23.5 Å². The first kappa shape index (κ1) is 17.3. The summed E-state index contributed by atoms with van der Waals surface area (Å²) in [6.45, 7) is 5.33. The zero-order valence-electron chi connectivity index (χ0n) is 13.3. The van der Waals surface area contributed by atoms with E-state index in [0.29, 0.717) is 4.66 Å². The summed E-state index contributed by atoms with van der Waals surface area (Å²) in [7, 11) is 1.52. The van der Waals surface area contributed by atoms with Crippen molar-refractivity contribution in [2.75, 3.05) is 0 Å². The summed E-state index contributed by atoms with van der Waals surface area (Å²) in [5, 5.41) is 0. The van der Waals surface area contributed by atoms with Crippen LogP contribution in [0.15, 0.2) is 23.0 Å². The summed E-state index contributed by atoms with van der Waals surface area (Å²) in [6, 6.07) is 3.52. The van der Waals surface area contributed by atoms with Crippen LogP contribution in [0.3, 0.4) is 0 Å². The normalized spacial score (nSPS) is 13.7. The van der Waals surface area contributed by atoms with Crippen molar-refractivity contribution in [1.82, 2.24) is 4.57 Å². The second-order valence-corrected chi connectivity index (χ2v) is 7.27. The molecule has 0 amide bonds. The lowest BCUT2D eigenvalue weighted by atomic mass is 9.91. The van der Waals surface area contributed by atoms with Gasteiger partial charge < -0.3 is 4.57 Å². The molecule has 0 spiro atoms. The molecule has 23 heavy (non-hydrogen) atoms. The van der Waals surface area contributed by atoms with Crippen LogP contribution in [-0.4, -0.2) is 10.4 Å². The van der Waals surface area contributed by atoms with Gasteiger partial charge in [-0.15, -0.1) is 11.3 Å². The third-order valence-corrected chi connectivity index (χ3v) is 4.44. The Morgan fingerprint density at radius 3 is 2.30 bits per heavy atom. The minimum Gasteiger partial charge on any atom is -0.302 e. The molecule has 0 aliphatic carbocycles. The average molecular weight is 337 g/mol. The molecule has 2 aromatic rings. The van der Waals surface area contributed by atoms with Crippen molar-refractivity contribution < 1.29 is 13.6 Å². The van der Waals surface area contributed by atoms with E-state index in [1.165, 1.54) is 29.8 Å². The molecule has 1 aromatic carbocycles. The highest BCUT2D eigenvalue weighted by molar-refractivity contribution is 7.07. The number of hydrogen-bond acceptors (Lipinski definition) is 3. The molecular weight excluding hydrogens is 320 g/mol. The molecule has 0 radical (unpaired) electrons. The molecule has 3 nitrogen and oxygen atoms in total. The Kier molecular flexibility index (Phi) is 4.66. The standard InChI is InChI=1S/C17H17F2NO2S/c1-17(2,3)14(21)9-15-20(4)16(22)13(23-15)8-10-11(18)6-5-7-12(10)19/h5-9H,1-4H3/b13-8+,15-9-. The Labute approximate surface area is 136 Å². The quantitative estimate of drug-likeness (QED) is 0.840. The van der Waals surface area contributed by atoms with Crippen LogP contribution in [0.2, 0.25) is 0 Å². The number of aromatic nitrogens is 1. The Hall–Kier alpha value is -2.08. The van der Waals surface area contributed by atoms with Crippen LogP contribution in [0, 0.1) is 17.0 Å². The van der Waals surface area contributed by atoms with Crippen molar-refractivity contribution in [1.29, 1.82) is 0 Å². The minimum atomic E-state index is -0.739. The number of rotatable bonds is 2. The van der Waals surface area contributed by atoms with E-state index in [1.54, 1.807) is 20.8 Å². The summed E-state index contributed by atoms with van der Waals surface area (Å²) in [6.07, 6.45) is 2.57. The molecule has 1 aromatic heterocycles. The maximum Gasteiger partial charge on any atom is 0.268 e. The first-order valence-corrected chi connectivity index (χ1v) is 7.80. The smallest absolute Gasteiger partial charge is 0.268 e.